The topological polar surface area (TPSA) is 23.6 Å². The van der Waals surface area contributed by atoms with Crippen molar-refractivity contribution in [3.63, 3.8) is 0 Å². The van der Waals surface area contributed by atoms with Gasteiger partial charge in [-0.1, -0.05) is 0 Å². The quantitative estimate of drug-likeness (QED) is 0.664. The molecule has 0 bridgehead atoms. The SMILES string of the molecule is CCN(C(=O)CCl)C1CCCN(C)C1. The summed E-state index contributed by atoms with van der Waals surface area (Å²) < 4.78 is 0. The van der Waals surface area contributed by atoms with Gasteiger partial charge in [0.05, 0.1) is 0 Å². The first kappa shape index (κ1) is 11.8. The number of nitrogens with zero attached hydrogens (tertiary/aromatic N) is 2. The number of rotatable bonds is 3. The van der Waals surface area contributed by atoms with Gasteiger partial charge in [-0.25, -0.2) is 0 Å². The van der Waals surface area contributed by atoms with E-state index in [1.54, 1.807) is 0 Å². The van der Waals surface area contributed by atoms with E-state index in [1.807, 2.05) is 11.8 Å². The van der Waals surface area contributed by atoms with Crippen LogP contribution in [0.4, 0.5) is 0 Å². The van der Waals surface area contributed by atoms with Crippen molar-refractivity contribution in [1.82, 2.24) is 9.80 Å². The van der Waals surface area contributed by atoms with E-state index in [2.05, 4.69) is 11.9 Å². The Hall–Kier alpha value is -0.280. The fourth-order valence-corrected chi connectivity index (χ4v) is 2.26. The van der Waals surface area contributed by atoms with Gasteiger partial charge < -0.3 is 9.80 Å². The van der Waals surface area contributed by atoms with Gasteiger partial charge in [0.25, 0.3) is 0 Å². The summed E-state index contributed by atoms with van der Waals surface area (Å²) in [7, 11) is 2.10. The van der Waals surface area contributed by atoms with Crippen LogP contribution in [0.3, 0.4) is 0 Å². The molecule has 1 saturated heterocycles. The lowest BCUT2D eigenvalue weighted by Crippen LogP contribution is -2.49. The maximum absolute atomic E-state index is 11.5. The van der Waals surface area contributed by atoms with Gasteiger partial charge in [-0.15, -0.1) is 11.6 Å². The number of halogens is 1. The van der Waals surface area contributed by atoms with E-state index in [0.717, 1.165) is 26.1 Å². The van der Waals surface area contributed by atoms with Crippen LogP contribution < -0.4 is 0 Å². The number of carbonyl (C=O) groups is 1. The molecule has 1 unspecified atom stereocenters. The van der Waals surface area contributed by atoms with Crippen molar-refractivity contribution >= 4 is 17.5 Å². The molecular weight excluding hydrogens is 200 g/mol. The minimum atomic E-state index is 0.0643. The minimum Gasteiger partial charge on any atom is -0.338 e. The fraction of sp³-hybridized carbons (Fsp3) is 0.900. The second-order valence-corrected chi connectivity index (χ2v) is 4.14. The number of likely N-dealkylation sites (N-methyl/N-ethyl adjacent to an activating group) is 2. The van der Waals surface area contributed by atoms with Crippen LogP contribution in [-0.4, -0.2) is 54.3 Å². The third-order valence-corrected chi connectivity index (χ3v) is 3.04. The van der Waals surface area contributed by atoms with Gasteiger partial charge in [0, 0.05) is 19.1 Å². The highest BCUT2D eigenvalue weighted by atomic mass is 35.5. The van der Waals surface area contributed by atoms with Crippen molar-refractivity contribution in [3.05, 3.63) is 0 Å². The first-order chi connectivity index (χ1) is 6.69. The van der Waals surface area contributed by atoms with Crippen LogP contribution in [0.25, 0.3) is 0 Å². The Morgan fingerprint density at radius 2 is 2.36 bits per heavy atom. The lowest BCUT2D eigenvalue weighted by atomic mass is 10.0. The molecule has 14 heavy (non-hydrogen) atoms. The average Bonchev–Trinajstić information content (AvgIpc) is 2.19. The lowest BCUT2D eigenvalue weighted by Gasteiger charge is -2.37. The molecule has 1 heterocycles. The van der Waals surface area contributed by atoms with E-state index < -0.39 is 0 Å². The van der Waals surface area contributed by atoms with Gasteiger partial charge in [0.15, 0.2) is 0 Å². The van der Waals surface area contributed by atoms with Crippen molar-refractivity contribution in [2.24, 2.45) is 0 Å². The van der Waals surface area contributed by atoms with E-state index in [0.29, 0.717) is 6.04 Å². The third-order valence-electron chi connectivity index (χ3n) is 2.82. The molecule has 1 fully saturated rings. The van der Waals surface area contributed by atoms with Crippen LogP contribution in [0.15, 0.2) is 0 Å². The summed E-state index contributed by atoms with van der Waals surface area (Å²) in [6.07, 6.45) is 2.29. The second-order valence-electron chi connectivity index (χ2n) is 3.87. The number of hydrogen-bond donors (Lipinski definition) is 0. The first-order valence-electron chi connectivity index (χ1n) is 5.23. The first-order valence-corrected chi connectivity index (χ1v) is 5.76. The van der Waals surface area contributed by atoms with E-state index in [-0.39, 0.29) is 11.8 Å². The lowest BCUT2D eigenvalue weighted by molar-refractivity contribution is -0.131. The molecule has 1 aliphatic rings. The highest BCUT2D eigenvalue weighted by Crippen LogP contribution is 2.14. The Bertz CT molecular complexity index is 199. The number of piperidine rings is 1. The summed E-state index contributed by atoms with van der Waals surface area (Å²) in [5, 5.41) is 0. The predicted octanol–water partition coefficient (Wildman–Crippen LogP) is 1.17. The summed E-state index contributed by atoms with van der Waals surface area (Å²) in [6, 6.07) is 0.366. The van der Waals surface area contributed by atoms with Gasteiger partial charge in [-0.05, 0) is 33.4 Å². The van der Waals surface area contributed by atoms with Gasteiger partial charge in [-0.3, -0.25) is 4.79 Å². The summed E-state index contributed by atoms with van der Waals surface area (Å²) in [5.74, 6) is 0.170. The highest BCUT2D eigenvalue weighted by molar-refractivity contribution is 6.27. The molecule has 0 N–H and O–H groups in total. The average molecular weight is 219 g/mol. The summed E-state index contributed by atoms with van der Waals surface area (Å²) in [4.78, 5) is 15.7. The maximum atomic E-state index is 11.5. The fourth-order valence-electron chi connectivity index (χ4n) is 2.11. The Kier molecular flexibility index (Phi) is 4.69. The zero-order valence-corrected chi connectivity index (χ0v) is 9.76. The van der Waals surface area contributed by atoms with E-state index in [4.69, 9.17) is 11.6 Å². The molecule has 4 heteroatoms. The minimum absolute atomic E-state index is 0.0643. The second kappa shape index (κ2) is 5.56. The van der Waals surface area contributed by atoms with Crippen LogP contribution in [0, 0.1) is 0 Å². The molecule has 0 aromatic heterocycles. The Balaban J connectivity index is 2.54. The molecule has 1 atom stereocenters. The number of hydrogen-bond acceptors (Lipinski definition) is 2. The molecule has 0 aromatic rings. The van der Waals surface area contributed by atoms with Crippen LogP contribution in [-0.2, 0) is 4.79 Å². The maximum Gasteiger partial charge on any atom is 0.237 e. The zero-order valence-electron chi connectivity index (χ0n) is 9.00. The van der Waals surface area contributed by atoms with E-state index in [1.165, 1.54) is 6.42 Å². The molecule has 1 amide bonds. The molecule has 3 nitrogen and oxygen atoms in total. The molecule has 1 rings (SSSR count). The number of likely N-dealkylation sites (tertiary alicyclic amines) is 1. The predicted molar refractivity (Wildman–Crippen MR) is 58.6 cm³/mol. The normalized spacial score (nSPS) is 23.5. The van der Waals surface area contributed by atoms with E-state index in [9.17, 15) is 4.79 Å². The number of carbonyl (C=O) groups excluding carboxylic acids is 1. The van der Waals surface area contributed by atoms with Gasteiger partial charge in [0.1, 0.15) is 5.88 Å². The van der Waals surface area contributed by atoms with Crippen molar-refractivity contribution in [2.45, 2.75) is 25.8 Å². The molecule has 0 aliphatic carbocycles. The number of alkyl halides is 1. The Labute approximate surface area is 91.0 Å². The standard InChI is InChI=1S/C10H19ClN2O/c1-3-13(10(14)7-11)9-5-4-6-12(2)8-9/h9H,3-8H2,1-2H3. The molecule has 0 spiro atoms. The zero-order chi connectivity index (χ0) is 10.6. The highest BCUT2D eigenvalue weighted by Gasteiger charge is 2.25. The van der Waals surface area contributed by atoms with Crippen LogP contribution in [0.5, 0.6) is 0 Å². The van der Waals surface area contributed by atoms with Crippen molar-refractivity contribution in [3.8, 4) is 0 Å². The largest absolute Gasteiger partial charge is 0.338 e. The molecule has 0 radical (unpaired) electrons. The smallest absolute Gasteiger partial charge is 0.237 e. The van der Waals surface area contributed by atoms with Crippen LogP contribution in [0.2, 0.25) is 0 Å². The van der Waals surface area contributed by atoms with Crippen molar-refractivity contribution in [1.29, 1.82) is 0 Å². The third kappa shape index (κ3) is 2.85. The van der Waals surface area contributed by atoms with E-state index >= 15 is 0 Å². The number of amides is 1. The van der Waals surface area contributed by atoms with Gasteiger partial charge in [-0.2, -0.15) is 0 Å². The molecule has 0 aromatic carbocycles. The molecule has 82 valence electrons. The van der Waals surface area contributed by atoms with Gasteiger partial charge in [0.2, 0.25) is 5.91 Å². The van der Waals surface area contributed by atoms with Gasteiger partial charge >= 0.3 is 0 Å². The van der Waals surface area contributed by atoms with Crippen LogP contribution in [0.1, 0.15) is 19.8 Å². The summed E-state index contributed by atoms with van der Waals surface area (Å²) in [6.45, 7) is 4.91. The summed E-state index contributed by atoms with van der Waals surface area (Å²) >= 11 is 5.58. The molecule has 1 aliphatic heterocycles. The van der Waals surface area contributed by atoms with Crippen LogP contribution >= 0.6 is 11.6 Å². The van der Waals surface area contributed by atoms with Crippen molar-refractivity contribution < 1.29 is 4.79 Å². The molecule has 0 saturated carbocycles. The summed E-state index contributed by atoms with van der Waals surface area (Å²) in [5.41, 5.74) is 0. The Morgan fingerprint density at radius 1 is 1.64 bits per heavy atom. The van der Waals surface area contributed by atoms with Crippen molar-refractivity contribution in [2.75, 3.05) is 32.6 Å². The Morgan fingerprint density at radius 3 is 2.86 bits per heavy atom. The molecular formula is C10H19ClN2O. The monoisotopic (exact) mass is 218 g/mol.